The van der Waals surface area contributed by atoms with Crippen molar-refractivity contribution in [2.75, 3.05) is 13.1 Å². The quantitative estimate of drug-likeness (QED) is 0.688. The number of nitrogens with one attached hydrogen (secondary N) is 1. The first-order valence-corrected chi connectivity index (χ1v) is 5.12. The van der Waals surface area contributed by atoms with Crippen LogP contribution in [0, 0.1) is 0 Å². The second-order valence-electron chi connectivity index (χ2n) is 4.82. The molecule has 1 rings (SSSR count). The number of ether oxygens (including phenoxy) is 1. The van der Waals surface area contributed by atoms with Crippen LogP contribution in [0.15, 0.2) is 0 Å². The molecule has 13 heavy (non-hydrogen) atoms. The van der Waals surface area contributed by atoms with Gasteiger partial charge in [0.2, 0.25) is 0 Å². The third kappa shape index (κ3) is 4.07. The molecular formula is C10H22N2O. The van der Waals surface area contributed by atoms with Gasteiger partial charge in [-0.1, -0.05) is 0 Å². The minimum Gasteiger partial charge on any atom is -0.372 e. The first-order chi connectivity index (χ1) is 6.01. The molecule has 0 saturated carbocycles. The van der Waals surface area contributed by atoms with E-state index in [0.29, 0.717) is 18.8 Å². The zero-order chi connectivity index (χ0) is 9.90. The highest BCUT2D eigenvalue weighted by Crippen LogP contribution is 2.18. The predicted octanol–water partition coefficient (Wildman–Crippen LogP) is 0.881. The van der Waals surface area contributed by atoms with E-state index in [2.05, 4.69) is 26.1 Å². The molecule has 0 radical (unpaired) electrons. The molecule has 1 heterocycles. The Morgan fingerprint density at radius 2 is 1.92 bits per heavy atom. The van der Waals surface area contributed by atoms with Gasteiger partial charge in [0.05, 0.1) is 12.2 Å². The summed E-state index contributed by atoms with van der Waals surface area (Å²) < 4.78 is 5.72. The van der Waals surface area contributed by atoms with Crippen LogP contribution in [0.4, 0.5) is 0 Å². The number of hydrogen-bond acceptors (Lipinski definition) is 3. The van der Waals surface area contributed by atoms with Crippen molar-refractivity contribution >= 4 is 0 Å². The summed E-state index contributed by atoms with van der Waals surface area (Å²) in [5.41, 5.74) is 5.72. The molecular weight excluding hydrogens is 164 g/mol. The third-order valence-electron chi connectivity index (χ3n) is 2.32. The van der Waals surface area contributed by atoms with Crippen LogP contribution in [0.3, 0.4) is 0 Å². The highest BCUT2D eigenvalue weighted by atomic mass is 16.5. The summed E-state index contributed by atoms with van der Waals surface area (Å²) in [5, 5.41) is 3.44. The Kier molecular flexibility index (Phi) is 3.71. The van der Waals surface area contributed by atoms with E-state index in [-0.39, 0.29) is 5.54 Å². The Morgan fingerprint density at radius 1 is 1.31 bits per heavy atom. The molecule has 1 saturated heterocycles. The Hall–Kier alpha value is -0.120. The number of hydrogen-bond donors (Lipinski definition) is 2. The SMILES string of the molecule is CC(C)(C)NCC1CCC(CN)O1. The molecule has 3 N–H and O–H groups in total. The van der Waals surface area contributed by atoms with Crippen LogP contribution in [0.2, 0.25) is 0 Å². The zero-order valence-electron chi connectivity index (χ0n) is 8.97. The van der Waals surface area contributed by atoms with Gasteiger partial charge in [-0.3, -0.25) is 0 Å². The van der Waals surface area contributed by atoms with Crippen molar-refractivity contribution in [2.45, 2.75) is 51.4 Å². The van der Waals surface area contributed by atoms with E-state index in [4.69, 9.17) is 10.5 Å². The molecule has 78 valence electrons. The van der Waals surface area contributed by atoms with Crippen molar-refractivity contribution in [2.24, 2.45) is 5.73 Å². The third-order valence-corrected chi connectivity index (χ3v) is 2.32. The summed E-state index contributed by atoms with van der Waals surface area (Å²) in [4.78, 5) is 0. The number of nitrogens with two attached hydrogens (primary N) is 1. The van der Waals surface area contributed by atoms with E-state index >= 15 is 0 Å². The van der Waals surface area contributed by atoms with Gasteiger partial charge < -0.3 is 15.8 Å². The summed E-state index contributed by atoms with van der Waals surface area (Å²) in [7, 11) is 0. The van der Waals surface area contributed by atoms with Crippen molar-refractivity contribution < 1.29 is 4.74 Å². The van der Waals surface area contributed by atoms with E-state index in [0.717, 1.165) is 19.4 Å². The van der Waals surface area contributed by atoms with Gasteiger partial charge in [0.1, 0.15) is 0 Å². The first-order valence-electron chi connectivity index (χ1n) is 5.12. The van der Waals surface area contributed by atoms with E-state index in [1.165, 1.54) is 0 Å². The summed E-state index contributed by atoms with van der Waals surface area (Å²) in [6.45, 7) is 8.11. The molecule has 1 aliphatic heterocycles. The highest BCUT2D eigenvalue weighted by molar-refractivity contribution is 4.79. The molecule has 3 heteroatoms. The lowest BCUT2D eigenvalue weighted by atomic mass is 10.1. The molecule has 0 aromatic carbocycles. The van der Waals surface area contributed by atoms with Gasteiger partial charge in [0.15, 0.2) is 0 Å². The monoisotopic (exact) mass is 186 g/mol. The van der Waals surface area contributed by atoms with Crippen LogP contribution in [-0.2, 0) is 4.74 Å². The van der Waals surface area contributed by atoms with Crippen LogP contribution in [0.1, 0.15) is 33.6 Å². The van der Waals surface area contributed by atoms with Gasteiger partial charge in [0, 0.05) is 18.6 Å². The Balaban J connectivity index is 2.17. The second-order valence-corrected chi connectivity index (χ2v) is 4.82. The topological polar surface area (TPSA) is 47.3 Å². The molecule has 0 aromatic heterocycles. The summed E-state index contributed by atoms with van der Waals surface area (Å²) in [6, 6.07) is 0. The fourth-order valence-electron chi connectivity index (χ4n) is 1.52. The lowest BCUT2D eigenvalue weighted by molar-refractivity contribution is 0.0470. The van der Waals surface area contributed by atoms with Crippen molar-refractivity contribution in [1.82, 2.24) is 5.32 Å². The molecule has 0 spiro atoms. The summed E-state index contributed by atoms with van der Waals surface area (Å²) in [6.07, 6.45) is 2.93. The molecule has 0 bridgehead atoms. The standard InChI is InChI=1S/C10H22N2O/c1-10(2,3)12-7-9-5-4-8(6-11)13-9/h8-9,12H,4-7,11H2,1-3H3. The first kappa shape index (κ1) is 11.0. The second kappa shape index (κ2) is 4.40. The van der Waals surface area contributed by atoms with Crippen molar-refractivity contribution in [1.29, 1.82) is 0 Å². The molecule has 0 aliphatic carbocycles. The minimum absolute atomic E-state index is 0.185. The normalized spacial score (nSPS) is 29.5. The largest absolute Gasteiger partial charge is 0.372 e. The average molecular weight is 186 g/mol. The molecule has 2 unspecified atom stereocenters. The van der Waals surface area contributed by atoms with E-state index < -0.39 is 0 Å². The maximum atomic E-state index is 5.72. The summed E-state index contributed by atoms with van der Waals surface area (Å²) >= 11 is 0. The lowest BCUT2D eigenvalue weighted by Gasteiger charge is -2.23. The molecule has 3 nitrogen and oxygen atoms in total. The maximum Gasteiger partial charge on any atom is 0.0705 e. The molecule has 1 fully saturated rings. The van der Waals surface area contributed by atoms with E-state index in [1.807, 2.05) is 0 Å². The zero-order valence-corrected chi connectivity index (χ0v) is 8.97. The van der Waals surface area contributed by atoms with Crippen LogP contribution < -0.4 is 11.1 Å². The Bertz CT molecular complexity index is 153. The fourth-order valence-corrected chi connectivity index (χ4v) is 1.52. The van der Waals surface area contributed by atoms with Gasteiger partial charge >= 0.3 is 0 Å². The van der Waals surface area contributed by atoms with Crippen molar-refractivity contribution in [3.8, 4) is 0 Å². The Labute approximate surface area is 81.0 Å². The van der Waals surface area contributed by atoms with Gasteiger partial charge in [-0.2, -0.15) is 0 Å². The predicted molar refractivity (Wildman–Crippen MR) is 54.7 cm³/mol. The van der Waals surface area contributed by atoms with Crippen molar-refractivity contribution in [3.05, 3.63) is 0 Å². The van der Waals surface area contributed by atoms with Gasteiger partial charge in [-0.15, -0.1) is 0 Å². The molecule has 0 amide bonds. The van der Waals surface area contributed by atoms with Gasteiger partial charge in [0.25, 0.3) is 0 Å². The van der Waals surface area contributed by atoms with Gasteiger partial charge in [-0.05, 0) is 33.6 Å². The van der Waals surface area contributed by atoms with E-state index in [9.17, 15) is 0 Å². The van der Waals surface area contributed by atoms with Crippen LogP contribution in [-0.4, -0.2) is 30.8 Å². The average Bonchev–Trinajstić information content (AvgIpc) is 2.47. The lowest BCUT2D eigenvalue weighted by Crippen LogP contribution is -2.41. The van der Waals surface area contributed by atoms with Crippen LogP contribution >= 0.6 is 0 Å². The molecule has 0 aromatic rings. The van der Waals surface area contributed by atoms with Crippen LogP contribution in [0.5, 0.6) is 0 Å². The molecule has 2 atom stereocenters. The van der Waals surface area contributed by atoms with E-state index in [1.54, 1.807) is 0 Å². The van der Waals surface area contributed by atoms with Crippen LogP contribution in [0.25, 0.3) is 0 Å². The summed E-state index contributed by atoms with van der Waals surface area (Å²) in [5.74, 6) is 0. The fraction of sp³-hybridized carbons (Fsp3) is 1.00. The maximum absolute atomic E-state index is 5.72. The number of rotatable bonds is 3. The Morgan fingerprint density at radius 3 is 2.38 bits per heavy atom. The smallest absolute Gasteiger partial charge is 0.0705 e. The molecule has 1 aliphatic rings. The van der Waals surface area contributed by atoms with Gasteiger partial charge in [-0.25, -0.2) is 0 Å². The van der Waals surface area contributed by atoms with Crippen molar-refractivity contribution in [3.63, 3.8) is 0 Å². The highest BCUT2D eigenvalue weighted by Gasteiger charge is 2.24. The minimum atomic E-state index is 0.185.